The van der Waals surface area contributed by atoms with E-state index in [0.29, 0.717) is 24.6 Å². The van der Waals surface area contributed by atoms with E-state index in [4.69, 9.17) is 9.84 Å². The first-order valence-electron chi connectivity index (χ1n) is 12.9. The molecule has 37 heavy (non-hydrogen) atoms. The van der Waals surface area contributed by atoms with E-state index in [0.717, 1.165) is 33.9 Å². The average Bonchev–Trinajstić information content (AvgIpc) is 2.89. The number of hydrogen-bond acceptors (Lipinski definition) is 4. The number of ether oxygens (including phenoxy) is 1. The highest BCUT2D eigenvalue weighted by Crippen LogP contribution is 2.30. The Morgan fingerprint density at radius 2 is 1.51 bits per heavy atom. The van der Waals surface area contributed by atoms with E-state index in [-0.39, 0.29) is 12.5 Å². The highest BCUT2D eigenvalue weighted by atomic mass is 32.2. The molecule has 196 valence electrons. The first kappa shape index (κ1) is 28.1. The number of anilines is 2. The highest BCUT2D eigenvalue weighted by molar-refractivity contribution is 7.99. The van der Waals surface area contributed by atoms with Crippen LogP contribution in [0.15, 0.2) is 82.6 Å². The number of benzene rings is 3. The van der Waals surface area contributed by atoms with Crippen molar-refractivity contribution in [3.05, 3.63) is 78.4 Å². The molecule has 0 spiro atoms. The minimum atomic E-state index is -0.837. The van der Waals surface area contributed by atoms with Crippen molar-refractivity contribution in [2.75, 3.05) is 23.4 Å². The molecule has 0 aliphatic heterocycles. The van der Waals surface area contributed by atoms with Crippen molar-refractivity contribution in [3.63, 3.8) is 0 Å². The number of carboxylic acids is 1. The summed E-state index contributed by atoms with van der Waals surface area (Å²) in [5.74, 6) is -0.182. The average molecular weight is 521 g/mol. The van der Waals surface area contributed by atoms with Gasteiger partial charge in [-0.05, 0) is 67.4 Å². The topological polar surface area (TPSA) is 78.9 Å². The molecular formula is C30H36N2O4S. The maximum absolute atomic E-state index is 13.4. The molecule has 3 aromatic carbocycles. The molecule has 0 radical (unpaired) electrons. The number of rotatable bonds is 14. The summed E-state index contributed by atoms with van der Waals surface area (Å²) in [4.78, 5) is 28.1. The summed E-state index contributed by atoms with van der Waals surface area (Å²) in [6.07, 6.45) is 5.58. The Balaban J connectivity index is 1.71. The molecule has 6 nitrogen and oxygen atoms in total. The summed E-state index contributed by atoms with van der Waals surface area (Å²) in [5.41, 5.74) is 2.27. The number of unbranched alkanes of at least 4 members (excludes halogenated alkanes) is 4. The van der Waals surface area contributed by atoms with Gasteiger partial charge in [-0.1, -0.05) is 68.6 Å². The van der Waals surface area contributed by atoms with Crippen molar-refractivity contribution >= 4 is 35.1 Å². The van der Waals surface area contributed by atoms with Gasteiger partial charge in [0.1, 0.15) is 5.75 Å². The number of carbonyl (C=O) groups excluding carboxylic acids is 1. The fraction of sp³-hybridized carbons (Fsp3) is 0.333. The van der Waals surface area contributed by atoms with E-state index in [9.17, 15) is 9.59 Å². The molecular weight excluding hydrogens is 484 g/mol. The maximum atomic E-state index is 13.4. The van der Waals surface area contributed by atoms with E-state index in [1.807, 2.05) is 79.7 Å². The van der Waals surface area contributed by atoms with Crippen LogP contribution in [-0.4, -0.2) is 30.3 Å². The molecule has 3 aromatic rings. The molecule has 2 N–H and O–H groups in total. The Labute approximate surface area is 224 Å². The smallest absolute Gasteiger partial charge is 0.326 e. The zero-order chi connectivity index (χ0) is 26.5. The summed E-state index contributed by atoms with van der Waals surface area (Å²) in [6.45, 7) is 5.27. The molecule has 0 saturated heterocycles. The summed E-state index contributed by atoms with van der Waals surface area (Å²) in [6, 6.07) is 22.8. The lowest BCUT2D eigenvalue weighted by molar-refractivity contribution is -0.136. The first-order valence-corrected chi connectivity index (χ1v) is 13.7. The third-order valence-corrected chi connectivity index (χ3v) is 6.84. The molecule has 0 fully saturated rings. The van der Waals surface area contributed by atoms with Crippen LogP contribution < -0.4 is 15.0 Å². The molecule has 0 aliphatic carbocycles. The Morgan fingerprint density at radius 1 is 0.865 bits per heavy atom. The molecule has 0 atom stereocenters. The van der Waals surface area contributed by atoms with Crippen molar-refractivity contribution in [3.8, 4) is 5.75 Å². The zero-order valence-corrected chi connectivity index (χ0v) is 22.4. The third kappa shape index (κ3) is 9.17. The predicted octanol–water partition coefficient (Wildman–Crippen LogP) is 7.87. The number of aliphatic carboxylic acids is 1. The van der Waals surface area contributed by atoms with Crippen molar-refractivity contribution < 1.29 is 19.4 Å². The molecule has 0 aliphatic rings. The van der Waals surface area contributed by atoms with Crippen LogP contribution in [0.25, 0.3) is 0 Å². The van der Waals surface area contributed by atoms with Gasteiger partial charge in [0, 0.05) is 22.0 Å². The van der Waals surface area contributed by atoms with E-state index in [2.05, 4.69) is 12.2 Å². The fourth-order valence-electron chi connectivity index (χ4n) is 3.94. The van der Waals surface area contributed by atoms with Gasteiger partial charge in [0.25, 0.3) is 0 Å². The summed E-state index contributed by atoms with van der Waals surface area (Å²) in [5, 5.41) is 12.0. The Bertz CT molecular complexity index is 1130. The second kappa shape index (κ2) is 15.0. The van der Waals surface area contributed by atoms with Gasteiger partial charge in [0.15, 0.2) is 0 Å². The minimum Gasteiger partial charge on any atom is -0.492 e. The van der Waals surface area contributed by atoms with Crippen LogP contribution in [0.2, 0.25) is 0 Å². The molecule has 0 bridgehead atoms. The van der Waals surface area contributed by atoms with Crippen LogP contribution in [0.3, 0.4) is 0 Å². The van der Waals surface area contributed by atoms with Crippen molar-refractivity contribution in [2.24, 2.45) is 0 Å². The van der Waals surface area contributed by atoms with E-state index >= 15 is 0 Å². The largest absolute Gasteiger partial charge is 0.492 e. The normalized spacial score (nSPS) is 10.6. The van der Waals surface area contributed by atoms with Crippen molar-refractivity contribution in [1.29, 1.82) is 0 Å². The van der Waals surface area contributed by atoms with Crippen LogP contribution in [0.4, 0.5) is 16.2 Å². The Kier molecular flexibility index (Phi) is 11.4. The van der Waals surface area contributed by atoms with Gasteiger partial charge in [-0.2, -0.15) is 0 Å². The molecule has 2 amide bonds. The van der Waals surface area contributed by atoms with Gasteiger partial charge in [-0.15, -0.1) is 0 Å². The number of nitrogens with one attached hydrogen (secondary N) is 1. The number of amides is 2. The van der Waals surface area contributed by atoms with E-state index < -0.39 is 5.97 Å². The number of nitrogens with zero attached hydrogens (tertiary/aromatic N) is 1. The van der Waals surface area contributed by atoms with Gasteiger partial charge >= 0.3 is 12.0 Å². The van der Waals surface area contributed by atoms with Crippen molar-refractivity contribution in [1.82, 2.24) is 0 Å². The number of urea groups is 1. The van der Waals surface area contributed by atoms with Gasteiger partial charge in [0.05, 0.1) is 18.7 Å². The second-order valence-corrected chi connectivity index (χ2v) is 9.88. The van der Waals surface area contributed by atoms with Crippen LogP contribution in [0.5, 0.6) is 5.75 Å². The van der Waals surface area contributed by atoms with Crippen molar-refractivity contribution in [2.45, 2.75) is 62.2 Å². The van der Waals surface area contributed by atoms with Crippen LogP contribution >= 0.6 is 11.8 Å². The second-order valence-electron chi connectivity index (χ2n) is 8.74. The first-order chi connectivity index (χ1) is 18.0. The number of hydrogen-bond donors (Lipinski definition) is 2. The van der Waals surface area contributed by atoms with Gasteiger partial charge in [-0.3, -0.25) is 9.69 Å². The SMILES string of the molecule is CCCCCCCN(C(=O)Nc1ccccc1OCC)c1ccc(Sc2ccc(CC(=O)O)cc2)cc1. The van der Waals surface area contributed by atoms with Gasteiger partial charge < -0.3 is 15.2 Å². The number of carboxylic acid groups (broad SMARTS) is 1. The standard InChI is InChI=1S/C30H36N2O4S/c1-3-5-6-7-10-21-32(30(35)31-27-11-8-9-12-28(27)36-4-2)24-15-19-26(20-16-24)37-25-17-13-23(14-18-25)22-29(33)34/h8-9,11-20H,3-7,10,21-22H2,1-2H3,(H,31,35)(H,33,34). The lowest BCUT2D eigenvalue weighted by atomic mass is 10.1. The van der Waals surface area contributed by atoms with E-state index in [1.165, 1.54) is 19.3 Å². The molecule has 0 heterocycles. The Hall–Kier alpha value is -3.45. The fourth-order valence-corrected chi connectivity index (χ4v) is 4.75. The van der Waals surface area contributed by atoms with E-state index in [1.54, 1.807) is 16.7 Å². The van der Waals surface area contributed by atoms with Crippen LogP contribution in [0.1, 0.15) is 51.5 Å². The lowest BCUT2D eigenvalue weighted by Crippen LogP contribution is -2.36. The van der Waals surface area contributed by atoms with Gasteiger partial charge in [-0.25, -0.2) is 4.79 Å². The molecule has 7 heteroatoms. The summed E-state index contributed by atoms with van der Waals surface area (Å²) >= 11 is 1.60. The highest BCUT2D eigenvalue weighted by Gasteiger charge is 2.17. The van der Waals surface area contributed by atoms with Crippen LogP contribution in [0, 0.1) is 0 Å². The molecule has 0 unspecified atom stereocenters. The zero-order valence-electron chi connectivity index (χ0n) is 21.6. The van der Waals surface area contributed by atoms with Crippen LogP contribution in [-0.2, 0) is 11.2 Å². The molecule has 3 rings (SSSR count). The molecule has 0 saturated carbocycles. The summed E-state index contributed by atoms with van der Waals surface area (Å²) in [7, 11) is 0. The minimum absolute atomic E-state index is 0.0189. The predicted molar refractivity (Wildman–Crippen MR) is 151 cm³/mol. The quantitative estimate of drug-likeness (QED) is 0.211. The maximum Gasteiger partial charge on any atom is 0.326 e. The summed E-state index contributed by atoms with van der Waals surface area (Å²) < 4.78 is 5.68. The number of para-hydroxylation sites is 2. The third-order valence-electron chi connectivity index (χ3n) is 5.82. The Morgan fingerprint density at radius 3 is 2.16 bits per heavy atom. The monoisotopic (exact) mass is 520 g/mol. The van der Waals surface area contributed by atoms with Gasteiger partial charge in [0.2, 0.25) is 0 Å². The lowest BCUT2D eigenvalue weighted by Gasteiger charge is -2.24. The molecule has 0 aromatic heterocycles. The number of carbonyl (C=O) groups is 2.